The lowest BCUT2D eigenvalue weighted by Gasteiger charge is -2.23. The van der Waals surface area contributed by atoms with E-state index in [0.29, 0.717) is 0 Å². The van der Waals surface area contributed by atoms with Crippen LogP contribution in [0.5, 0.6) is 0 Å². The van der Waals surface area contributed by atoms with Crippen molar-refractivity contribution in [3.8, 4) is 0 Å². The Hall–Kier alpha value is -2.10. The molecule has 1 aliphatic heterocycles. The zero-order chi connectivity index (χ0) is 16.7. The van der Waals surface area contributed by atoms with Gasteiger partial charge in [0.25, 0.3) is 0 Å². The van der Waals surface area contributed by atoms with E-state index in [0.717, 1.165) is 30.0 Å². The predicted octanol–water partition coefficient (Wildman–Crippen LogP) is 4.70. The van der Waals surface area contributed by atoms with Gasteiger partial charge in [-0.15, -0.1) is 0 Å². The third-order valence-electron chi connectivity index (χ3n) is 4.81. The maximum Gasteiger partial charge on any atom is 0.0716 e. The summed E-state index contributed by atoms with van der Waals surface area (Å²) in [6, 6.07) is 10.3. The number of para-hydroxylation sites is 1. The molecule has 3 nitrogen and oxygen atoms in total. The molecular formula is C20H20ClN3. The van der Waals surface area contributed by atoms with Crippen molar-refractivity contribution in [2.24, 2.45) is 0 Å². The first-order valence-electron chi connectivity index (χ1n) is 8.22. The number of hydrogen-bond acceptors (Lipinski definition) is 2. The van der Waals surface area contributed by atoms with Crippen LogP contribution in [0.15, 0.2) is 42.7 Å². The van der Waals surface area contributed by atoms with E-state index >= 15 is 0 Å². The van der Waals surface area contributed by atoms with Gasteiger partial charge in [-0.05, 0) is 48.9 Å². The highest BCUT2D eigenvalue weighted by Gasteiger charge is 2.22. The van der Waals surface area contributed by atoms with Crippen molar-refractivity contribution in [2.75, 3.05) is 13.6 Å². The van der Waals surface area contributed by atoms with Gasteiger partial charge in [-0.2, -0.15) is 0 Å². The van der Waals surface area contributed by atoms with Gasteiger partial charge in [-0.3, -0.25) is 4.98 Å². The van der Waals surface area contributed by atoms with Crippen LogP contribution in [0.2, 0.25) is 5.02 Å². The van der Waals surface area contributed by atoms with Gasteiger partial charge in [-0.25, -0.2) is 0 Å². The molecule has 122 valence electrons. The summed E-state index contributed by atoms with van der Waals surface area (Å²) in [5, 5.41) is 2.08. The molecule has 0 N–H and O–H groups in total. The van der Waals surface area contributed by atoms with Crippen LogP contribution in [-0.4, -0.2) is 28.0 Å². The summed E-state index contributed by atoms with van der Waals surface area (Å²) < 4.78 is 2.30. The van der Waals surface area contributed by atoms with Gasteiger partial charge in [0.15, 0.2) is 0 Å². The van der Waals surface area contributed by atoms with Crippen molar-refractivity contribution in [1.29, 1.82) is 0 Å². The van der Waals surface area contributed by atoms with E-state index in [-0.39, 0.29) is 0 Å². The Bertz CT molecular complexity index is 925. The maximum absolute atomic E-state index is 6.57. The number of likely N-dealkylation sites (N-methyl/N-ethyl adjacent to an activating group) is 1. The molecule has 24 heavy (non-hydrogen) atoms. The molecule has 3 aromatic rings. The van der Waals surface area contributed by atoms with Crippen LogP contribution in [-0.2, 0) is 13.0 Å². The molecule has 2 aromatic heterocycles. The molecular weight excluding hydrogens is 318 g/mol. The molecule has 0 radical (unpaired) electrons. The first kappa shape index (κ1) is 15.4. The average Bonchev–Trinajstić information content (AvgIpc) is 2.90. The second-order valence-corrected chi connectivity index (χ2v) is 6.87. The lowest BCUT2D eigenvalue weighted by molar-refractivity contribution is 0.312. The molecule has 1 aromatic carbocycles. The van der Waals surface area contributed by atoms with E-state index in [4.69, 9.17) is 11.6 Å². The molecule has 0 spiro atoms. The number of fused-ring (bicyclic) bond motifs is 3. The summed E-state index contributed by atoms with van der Waals surface area (Å²) in [7, 11) is 2.18. The van der Waals surface area contributed by atoms with E-state index in [2.05, 4.69) is 40.7 Å². The van der Waals surface area contributed by atoms with Gasteiger partial charge in [0.2, 0.25) is 0 Å². The first-order valence-corrected chi connectivity index (χ1v) is 8.60. The smallest absolute Gasteiger partial charge is 0.0716 e. The summed E-state index contributed by atoms with van der Waals surface area (Å²) in [6.07, 6.45) is 6.92. The zero-order valence-corrected chi connectivity index (χ0v) is 14.7. The number of halogens is 1. The van der Waals surface area contributed by atoms with Crippen molar-refractivity contribution in [3.63, 3.8) is 0 Å². The van der Waals surface area contributed by atoms with Crippen molar-refractivity contribution < 1.29 is 0 Å². The van der Waals surface area contributed by atoms with Crippen LogP contribution in [0, 0.1) is 0 Å². The summed E-state index contributed by atoms with van der Waals surface area (Å²) >= 11 is 6.57. The zero-order valence-electron chi connectivity index (χ0n) is 14.0. The Labute approximate surface area is 147 Å². The lowest BCUT2D eigenvalue weighted by atomic mass is 10.1. The van der Waals surface area contributed by atoms with Gasteiger partial charge < -0.3 is 9.47 Å². The fraction of sp³-hybridized carbons (Fsp3) is 0.250. The number of rotatable bonds is 2. The minimum Gasteiger partial charge on any atom is -0.318 e. The number of nitrogens with zero attached hydrogens (tertiary/aromatic N) is 3. The van der Waals surface area contributed by atoms with E-state index in [1.807, 2.05) is 36.7 Å². The highest BCUT2D eigenvalue weighted by Crippen LogP contribution is 2.35. The fourth-order valence-corrected chi connectivity index (χ4v) is 3.82. The van der Waals surface area contributed by atoms with Gasteiger partial charge in [0.1, 0.15) is 0 Å². The van der Waals surface area contributed by atoms with Gasteiger partial charge in [0.05, 0.1) is 10.5 Å². The van der Waals surface area contributed by atoms with Crippen LogP contribution in [0.3, 0.4) is 0 Å². The monoisotopic (exact) mass is 337 g/mol. The highest BCUT2D eigenvalue weighted by molar-refractivity contribution is 6.35. The molecule has 3 heterocycles. The molecule has 0 atom stereocenters. The standard InChI is InChI=1S/C20H20ClN3/c1-14(15-6-9-22-10-7-15)12-24-19-8-11-23(2)13-17(19)16-4-3-5-18(21)20(16)24/h3-7,9-10,12H,8,11,13H2,1-2H3. The lowest BCUT2D eigenvalue weighted by Crippen LogP contribution is -2.26. The number of allylic oxidation sites excluding steroid dienone is 1. The molecule has 0 bridgehead atoms. The summed E-state index contributed by atoms with van der Waals surface area (Å²) in [4.78, 5) is 6.47. The Kier molecular flexibility index (Phi) is 3.91. The van der Waals surface area contributed by atoms with E-state index < -0.39 is 0 Å². The van der Waals surface area contributed by atoms with Crippen LogP contribution in [0.1, 0.15) is 23.7 Å². The van der Waals surface area contributed by atoms with E-state index in [1.54, 1.807) is 0 Å². The van der Waals surface area contributed by atoms with Crippen molar-refractivity contribution >= 4 is 34.3 Å². The molecule has 0 saturated heterocycles. The molecule has 4 heteroatoms. The van der Waals surface area contributed by atoms with E-state index in [1.165, 1.54) is 27.8 Å². The SMILES string of the molecule is CC(=Cn1c2c(c3cccc(Cl)c31)CN(C)CC2)c1ccncc1. The minimum absolute atomic E-state index is 0.809. The maximum atomic E-state index is 6.57. The molecule has 1 aliphatic rings. The van der Waals surface area contributed by atoms with Crippen LogP contribution < -0.4 is 0 Å². The molecule has 0 unspecified atom stereocenters. The van der Waals surface area contributed by atoms with Crippen molar-refractivity contribution in [2.45, 2.75) is 19.9 Å². The number of pyridine rings is 1. The second-order valence-electron chi connectivity index (χ2n) is 6.47. The third kappa shape index (κ3) is 2.54. The van der Waals surface area contributed by atoms with Crippen LogP contribution in [0.4, 0.5) is 0 Å². The minimum atomic E-state index is 0.809. The molecule has 0 amide bonds. The van der Waals surface area contributed by atoms with Gasteiger partial charge >= 0.3 is 0 Å². The molecule has 0 saturated carbocycles. The van der Waals surface area contributed by atoms with Gasteiger partial charge in [-0.1, -0.05) is 23.7 Å². The van der Waals surface area contributed by atoms with E-state index in [9.17, 15) is 0 Å². The average molecular weight is 338 g/mol. The fourth-order valence-electron chi connectivity index (χ4n) is 3.56. The number of benzene rings is 1. The molecule has 0 fully saturated rings. The number of aromatic nitrogens is 2. The van der Waals surface area contributed by atoms with Crippen LogP contribution in [0.25, 0.3) is 22.7 Å². The van der Waals surface area contributed by atoms with Crippen LogP contribution >= 0.6 is 11.6 Å². The summed E-state index contributed by atoms with van der Waals surface area (Å²) in [5.74, 6) is 0. The van der Waals surface area contributed by atoms with Gasteiger partial charge in [0, 0.05) is 49.2 Å². The Balaban J connectivity index is 1.95. The Morgan fingerprint density at radius 1 is 1.21 bits per heavy atom. The quantitative estimate of drug-likeness (QED) is 0.676. The molecule has 0 aliphatic carbocycles. The Morgan fingerprint density at radius 2 is 2.00 bits per heavy atom. The first-order chi connectivity index (χ1) is 11.6. The highest BCUT2D eigenvalue weighted by atomic mass is 35.5. The van der Waals surface area contributed by atoms with Crippen molar-refractivity contribution in [1.82, 2.24) is 14.5 Å². The second kappa shape index (κ2) is 6.08. The number of hydrogen-bond donors (Lipinski definition) is 0. The predicted molar refractivity (Wildman–Crippen MR) is 101 cm³/mol. The largest absolute Gasteiger partial charge is 0.318 e. The molecule has 4 rings (SSSR count). The topological polar surface area (TPSA) is 21.1 Å². The summed E-state index contributed by atoms with van der Waals surface area (Å²) in [5.41, 5.74) is 6.29. The normalized spacial score (nSPS) is 15.7. The summed E-state index contributed by atoms with van der Waals surface area (Å²) in [6.45, 7) is 4.18. The third-order valence-corrected chi connectivity index (χ3v) is 5.11. The Morgan fingerprint density at radius 3 is 2.79 bits per heavy atom. The van der Waals surface area contributed by atoms with Crippen molar-refractivity contribution in [3.05, 3.63) is 64.6 Å².